The fraction of sp³-hybridized carbons (Fsp3) is 0.357. The predicted molar refractivity (Wildman–Crippen MR) is 138 cm³/mol. The van der Waals surface area contributed by atoms with E-state index in [1.807, 2.05) is 69.4 Å². The zero-order chi connectivity index (χ0) is 25.3. The Morgan fingerprint density at radius 1 is 1.17 bits per heavy atom. The normalized spacial score (nSPS) is 17.8. The first-order valence-corrected chi connectivity index (χ1v) is 11.9. The second-order valence-electron chi connectivity index (χ2n) is 9.55. The molecule has 1 saturated heterocycles. The number of Topliss-reactive ketones (excluding diaryl/α,β-unsaturated/α-hetero) is 1. The first-order chi connectivity index (χ1) is 16.7. The van der Waals surface area contributed by atoms with E-state index in [-0.39, 0.29) is 17.3 Å². The van der Waals surface area contributed by atoms with Gasteiger partial charge in [0.2, 0.25) is 0 Å². The van der Waals surface area contributed by atoms with Gasteiger partial charge in [-0.15, -0.1) is 0 Å². The third kappa shape index (κ3) is 4.56. The number of hydrogen-bond donors (Lipinski definition) is 2. The topological polar surface area (TPSA) is 85.9 Å². The highest BCUT2D eigenvalue weighted by Crippen LogP contribution is 2.42. The number of rotatable bonds is 8. The molecular weight excluding hydrogens is 442 g/mol. The molecule has 1 aliphatic heterocycles. The van der Waals surface area contributed by atoms with Gasteiger partial charge in [0.05, 0.1) is 18.7 Å². The number of carbonyl (C=O) groups excluding carboxylic acids is 2. The maximum atomic E-state index is 13.4. The summed E-state index contributed by atoms with van der Waals surface area (Å²) in [7, 11) is 5.56. The number of amides is 1. The van der Waals surface area contributed by atoms with Crippen LogP contribution in [0, 0.1) is 0 Å². The number of para-hydroxylation sites is 1. The van der Waals surface area contributed by atoms with Crippen molar-refractivity contribution in [2.24, 2.45) is 0 Å². The number of nitrogens with zero attached hydrogens (tertiary/aromatic N) is 2. The van der Waals surface area contributed by atoms with Crippen LogP contribution in [0.25, 0.3) is 16.7 Å². The molecule has 3 aromatic rings. The van der Waals surface area contributed by atoms with Crippen molar-refractivity contribution in [3.63, 3.8) is 0 Å². The number of aromatic nitrogens is 1. The second-order valence-corrected chi connectivity index (χ2v) is 9.55. The zero-order valence-electron chi connectivity index (χ0n) is 21.0. The third-order valence-corrected chi connectivity index (χ3v) is 6.59. The molecule has 1 aliphatic rings. The molecule has 184 valence electrons. The van der Waals surface area contributed by atoms with E-state index in [0.717, 1.165) is 28.6 Å². The summed E-state index contributed by atoms with van der Waals surface area (Å²) in [6.07, 6.45) is 2.54. The zero-order valence-corrected chi connectivity index (χ0v) is 21.0. The second kappa shape index (κ2) is 9.96. The van der Waals surface area contributed by atoms with Crippen LogP contribution < -0.4 is 4.74 Å². The van der Waals surface area contributed by atoms with Crippen LogP contribution in [-0.4, -0.2) is 65.9 Å². The van der Waals surface area contributed by atoms with Crippen LogP contribution in [0.3, 0.4) is 0 Å². The Morgan fingerprint density at radius 3 is 2.60 bits per heavy atom. The number of ketones is 1. The van der Waals surface area contributed by atoms with Gasteiger partial charge in [0, 0.05) is 34.8 Å². The lowest BCUT2D eigenvalue weighted by Crippen LogP contribution is -2.32. The summed E-state index contributed by atoms with van der Waals surface area (Å²) >= 11 is 0. The predicted octanol–water partition coefficient (Wildman–Crippen LogP) is 4.67. The summed E-state index contributed by atoms with van der Waals surface area (Å²) in [4.78, 5) is 33.5. The van der Waals surface area contributed by atoms with Crippen molar-refractivity contribution in [3.8, 4) is 5.75 Å². The number of likely N-dealkylation sites (tertiary alicyclic amines) is 1. The summed E-state index contributed by atoms with van der Waals surface area (Å²) in [5.41, 5.74) is 3.23. The van der Waals surface area contributed by atoms with Crippen molar-refractivity contribution in [2.45, 2.75) is 32.2 Å². The van der Waals surface area contributed by atoms with Crippen LogP contribution in [0.2, 0.25) is 0 Å². The molecule has 0 spiro atoms. The lowest BCUT2D eigenvalue weighted by atomic mass is 9.93. The van der Waals surface area contributed by atoms with Gasteiger partial charge >= 0.3 is 0 Å². The molecule has 2 heterocycles. The number of aromatic amines is 1. The van der Waals surface area contributed by atoms with Gasteiger partial charge in [-0.3, -0.25) is 9.59 Å². The average molecular weight is 476 g/mol. The highest BCUT2D eigenvalue weighted by molar-refractivity contribution is 6.46. The number of nitrogens with one attached hydrogen (secondary N) is 1. The van der Waals surface area contributed by atoms with Crippen LogP contribution in [0.4, 0.5) is 0 Å². The quantitative estimate of drug-likeness (QED) is 0.281. The fourth-order valence-corrected chi connectivity index (χ4v) is 4.80. The highest BCUT2D eigenvalue weighted by Gasteiger charge is 2.46. The smallest absolute Gasteiger partial charge is 0.295 e. The lowest BCUT2D eigenvalue weighted by Gasteiger charge is -2.25. The summed E-state index contributed by atoms with van der Waals surface area (Å²) in [5.74, 6) is -0.551. The molecule has 35 heavy (non-hydrogen) atoms. The van der Waals surface area contributed by atoms with Crippen LogP contribution >= 0.6 is 0 Å². The molecule has 4 rings (SSSR count). The first-order valence-electron chi connectivity index (χ1n) is 11.9. The molecule has 0 aliphatic carbocycles. The molecule has 7 nitrogen and oxygen atoms in total. The minimum atomic E-state index is -0.682. The van der Waals surface area contributed by atoms with Gasteiger partial charge in [-0.1, -0.05) is 32.0 Å². The van der Waals surface area contributed by atoms with E-state index in [2.05, 4.69) is 4.98 Å². The number of carbonyl (C=O) groups is 2. The summed E-state index contributed by atoms with van der Waals surface area (Å²) in [6, 6.07) is 12.4. The number of aliphatic hydroxyl groups is 1. The summed E-state index contributed by atoms with van der Waals surface area (Å²) < 4.78 is 5.48. The molecule has 0 saturated carbocycles. The van der Waals surface area contributed by atoms with Gasteiger partial charge < -0.3 is 24.6 Å². The highest BCUT2D eigenvalue weighted by atomic mass is 16.5. The monoisotopic (exact) mass is 475 g/mol. The van der Waals surface area contributed by atoms with Gasteiger partial charge in [-0.25, -0.2) is 0 Å². The maximum Gasteiger partial charge on any atom is 0.295 e. The van der Waals surface area contributed by atoms with Gasteiger partial charge in [0.1, 0.15) is 11.5 Å². The van der Waals surface area contributed by atoms with Gasteiger partial charge in [0.15, 0.2) is 0 Å². The molecule has 1 unspecified atom stereocenters. The van der Waals surface area contributed by atoms with Gasteiger partial charge in [-0.2, -0.15) is 0 Å². The molecular formula is C28H33N3O4. The van der Waals surface area contributed by atoms with Gasteiger partial charge in [-0.05, 0) is 62.8 Å². The van der Waals surface area contributed by atoms with E-state index in [0.29, 0.717) is 24.3 Å². The van der Waals surface area contributed by atoms with E-state index in [1.165, 1.54) is 0 Å². The Kier molecular flexibility index (Phi) is 6.98. The molecule has 7 heteroatoms. The van der Waals surface area contributed by atoms with E-state index in [1.54, 1.807) is 24.1 Å². The number of methoxy groups -OCH3 is 1. The number of H-pyrrole nitrogens is 1. The number of fused-ring (bicyclic) bond motifs is 1. The van der Waals surface area contributed by atoms with Crippen LogP contribution in [-0.2, 0) is 9.59 Å². The molecule has 2 N–H and O–H groups in total. The minimum absolute atomic E-state index is 0.115. The molecule has 0 radical (unpaired) electrons. The van der Waals surface area contributed by atoms with E-state index >= 15 is 0 Å². The van der Waals surface area contributed by atoms with E-state index in [9.17, 15) is 14.7 Å². The van der Waals surface area contributed by atoms with Crippen LogP contribution in [0.15, 0.2) is 54.2 Å². The van der Waals surface area contributed by atoms with Crippen LogP contribution in [0.1, 0.15) is 48.9 Å². The standard InChI is InChI=1S/C28H33N3O4/c1-17(2)20-15-18(11-12-23(20)35-5)26(32)24-25(21-16-29-22-10-7-6-9-19(21)22)31(28(34)27(24)33)14-8-13-30(3)4/h6-7,9-12,15-17,25,29,32H,8,13-14H2,1-5H3/b26-24+. The molecule has 1 atom stereocenters. The van der Waals surface area contributed by atoms with Crippen LogP contribution in [0.5, 0.6) is 5.75 Å². The molecule has 0 bridgehead atoms. The average Bonchev–Trinajstić information content (AvgIpc) is 3.37. The van der Waals surface area contributed by atoms with E-state index in [4.69, 9.17) is 4.74 Å². The largest absolute Gasteiger partial charge is 0.507 e. The fourth-order valence-electron chi connectivity index (χ4n) is 4.80. The third-order valence-electron chi connectivity index (χ3n) is 6.59. The Bertz CT molecular complexity index is 1290. The molecule has 1 fully saturated rings. The molecule has 1 amide bonds. The van der Waals surface area contributed by atoms with Gasteiger partial charge in [0.25, 0.3) is 11.7 Å². The molecule has 1 aromatic heterocycles. The summed E-state index contributed by atoms with van der Waals surface area (Å²) in [6.45, 7) is 5.26. The minimum Gasteiger partial charge on any atom is -0.507 e. The summed E-state index contributed by atoms with van der Waals surface area (Å²) in [5, 5.41) is 12.4. The Balaban J connectivity index is 1.88. The SMILES string of the molecule is COc1ccc(/C(O)=C2\C(=O)C(=O)N(CCCN(C)C)C2c2c[nH]c3ccccc23)cc1C(C)C. The molecule has 2 aromatic carbocycles. The van der Waals surface area contributed by atoms with Crippen molar-refractivity contribution in [1.29, 1.82) is 0 Å². The maximum absolute atomic E-state index is 13.4. The number of ether oxygens (including phenoxy) is 1. The van der Waals surface area contributed by atoms with Crippen molar-refractivity contribution >= 4 is 28.4 Å². The van der Waals surface area contributed by atoms with Crippen molar-refractivity contribution in [3.05, 3.63) is 70.9 Å². The number of benzene rings is 2. The Labute approximate surface area is 206 Å². The van der Waals surface area contributed by atoms with Crippen molar-refractivity contribution in [2.75, 3.05) is 34.3 Å². The van der Waals surface area contributed by atoms with Crippen molar-refractivity contribution < 1.29 is 19.4 Å². The Hall–Kier alpha value is -3.58. The Morgan fingerprint density at radius 2 is 1.91 bits per heavy atom. The van der Waals surface area contributed by atoms with Crippen molar-refractivity contribution in [1.82, 2.24) is 14.8 Å². The number of aliphatic hydroxyl groups excluding tert-OH is 1. The first kappa shape index (κ1) is 24.5. The lowest BCUT2D eigenvalue weighted by molar-refractivity contribution is -0.139. The number of hydrogen-bond acceptors (Lipinski definition) is 5. The van der Waals surface area contributed by atoms with E-state index < -0.39 is 17.7 Å².